The van der Waals surface area contributed by atoms with Crippen molar-refractivity contribution in [3.8, 4) is 0 Å². The number of hydrogen-bond acceptors (Lipinski definition) is 2. The first kappa shape index (κ1) is 15.4. The highest BCUT2D eigenvalue weighted by atomic mass is 19.1. The molecule has 1 atom stereocenters. The summed E-state index contributed by atoms with van der Waals surface area (Å²) >= 11 is 0. The van der Waals surface area contributed by atoms with Gasteiger partial charge in [0.2, 0.25) is 0 Å². The molecule has 0 saturated heterocycles. The minimum Gasteiger partial charge on any atom is -0.344 e. The predicted molar refractivity (Wildman–Crippen MR) is 83.0 cm³/mol. The van der Waals surface area contributed by atoms with Gasteiger partial charge in [0.1, 0.15) is 11.6 Å². The van der Waals surface area contributed by atoms with Crippen LogP contribution >= 0.6 is 0 Å². The maximum absolute atomic E-state index is 14.2. The van der Waals surface area contributed by atoms with Crippen molar-refractivity contribution in [1.82, 2.24) is 5.32 Å². The molecule has 0 heterocycles. The van der Waals surface area contributed by atoms with Gasteiger partial charge >= 0.3 is 0 Å². The zero-order chi connectivity index (χ0) is 15.4. The van der Waals surface area contributed by atoms with Gasteiger partial charge in [-0.25, -0.2) is 8.78 Å². The highest BCUT2D eigenvalue weighted by Gasteiger charge is 2.18. The molecule has 112 valence electrons. The predicted octanol–water partition coefficient (Wildman–Crippen LogP) is 4.40. The second-order valence-electron chi connectivity index (χ2n) is 4.99. The summed E-state index contributed by atoms with van der Waals surface area (Å²) in [4.78, 5) is 1.87. The van der Waals surface area contributed by atoms with E-state index in [1.807, 2.05) is 31.9 Å². The first-order valence-corrected chi connectivity index (χ1v) is 7.05. The van der Waals surface area contributed by atoms with Crippen molar-refractivity contribution >= 4 is 11.4 Å². The first-order valence-electron chi connectivity index (χ1n) is 7.05. The van der Waals surface area contributed by atoms with Crippen LogP contribution in [0.1, 0.15) is 25.5 Å². The normalized spacial score (nSPS) is 12.2. The average Bonchev–Trinajstić information content (AvgIpc) is 2.47. The molecule has 2 aromatic rings. The third-order valence-corrected chi connectivity index (χ3v) is 3.55. The summed E-state index contributed by atoms with van der Waals surface area (Å²) in [6.07, 6.45) is 0. The second-order valence-corrected chi connectivity index (χ2v) is 4.99. The van der Waals surface area contributed by atoms with Crippen molar-refractivity contribution in [2.24, 2.45) is 0 Å². The summed E-state index contributed by atoms with van der Waals surface area (Å²) in [5.41, 5.74) is 2.20. The molecule has 0 aromatic heterocycles. The molecule has 0 bridgehead atoms. The minimum absolute atomic E-state index is 0.103. The Bertz CT molecular complexity index is 596. The monoisotopic (exact) mass is 290 g/mol. The molecule has 2 aromatic carbocycles. The molecule has 0 radical (unpaired) electrons. The molecule has 0 amide bonds. The van der Waals surface area contributed by atoms with Crippen molar-refractivity contribution in [3.05, 3.63) is 59.7 Å². The molecule has 1 unspecified atom stereocenters. The van der Waals surface area contributed by atoms with Crippen LogP contribution < -0.4 is 10.2 Å². The highest BCUT2D eigenvalue weighted by molar-refractivity contribution is 5.66. The van der Waals surface area contributed by atoms with Crippen LogP contribution in [-0.4, -0.2) is 13.6 Å². The smallest absolute Gasteiger partial charge is 0.130 e. The molecular formula is C17H20F2N2. The number of hydrogen-bond donors (Lipinski definition) is 1. The summed E-state index contributed by atoms with van der Waals surface area (Å²) in [6, 6.07) is 11.1. The molecule has 0 aliphatic heterocycles. The fourth-order valence-corrected chi connectivity index (χ4v) is 2.46. The summed E-state index contributed by atoms with van der Waals surface area (Å²) < 4.78 is 27.3. The first-order chi connectivity index (χ1) is 10.0. The van der Waals surface area contributed by atoms with Crippen LogP contribution in [0.5, 0.6) is 0 Å². The van der Waals surface area contributed by atoms with E-state index >= 15 is 0 Å². The molecule has 21 heavy (non-hydrogen) atoms. The molecule has 0 aliphatic carbocycles. The van der Waals surface area contributed by atoms with Gasteiger partial charge in [-0.2, -0.15) is 0 Å². The van der Waals surface area contributed by atoms with E-state index in [2.05, 4.69) is 5.32 Å². The Labute approximate surface area is 124 Å². The summed E-state index contributed by atoms with van der Waals surface area (Å²) in [7, 11) is 1.85. The minimum atomic E-state index is -0.285. The zero-order valence-corrected chi connectivity index (χ0v) is 12.5. The van der Waals surface area contributed by atoms with Crippen LogP contribution in [0, 0.1) is 11.6 Å². The lowest BCUT2D eigenvalue weighted by Gasteiger charge is -2.26. The van der Waals surface area contributed by atoms with E-state index in [0.29, 0.717) is 5.56 Å². The topological polar surface area (TPSA) is 15.3 Å². The molecule has 0 aliphatic rings. The quantitative estimate of drug-likeness (QED) is 0.878. The molecule has 0 fully saturated rings. The Morgan fingerprint density at radius 3 is 2.38 bits per heavy atom. The second kappa shape index (κ2) is 6.68. The average molecular weight is 290 g/mol. The summed E-state index contributed by atoms with van der Waals surface area (Å²) in [6.45, 7) is 4.68. The van der Waals surface area contributed by atoms with Gasteiger partial charge in [0, 0.05) is 30.0 Å². The van der Waals surface area contributed by atoms with Gasteiger partial charge in [-0.15, -0.1) is 0 Å². The van der Waals surface area contributed by atoms with Crippen LogP contribution in [0.2, 0.25) is 0 Å². The lowest BCUT2D eigenvalue weighted by Crippen LogP contribution is -2.22. The van der Waals surface area contributed by atoms with Crippen molar-refractivity contribution in [2.75, 3.05) is 18.5 Å². The summed E-state index contributed by atoms with van der Waals surface area (Å²) in [5.74, 6) is -0.525. The van der Waals surface area contributed by atoms with E-state index in [1.54, 1.807) is 18.2 Å². The summed E-state index contributed by atoms with van der Waals surface area (Å²) in [5, 5.41) is 3.23. The van der Waals surface area contributed by atoms with E-state index in [4.69, 9.17) is 0 Å². The highest BCUT2D eigenvalue weighted by Crippen LogP contribution is 2.32. The van der Waals surface area contributed by atoms with Crippen molar-refractivity contribution < 1.29 is 8.78 Å². The Morgan fingerprint density at radius 2 is 1.76 bits per heavy atom. The molecule has 0 spiro atoms. The van der Waals surface area contributed by atoms with Gasteiger partial charge in [-0.05, 0) is 49.9 Å². The molecule has 2 nitrogen and oxygen atoms in total. The van der Waals surface area contributed by atoms with E-state index in [9.17, 15) is 8.78 Å². The SMILES string of the molecule is CCNC(C)c1c(F)cccc1N(C)c1ccc(F)cc1. The van der Waals surface area contributed by atoms with Gasteiger partial charge in [0.25, 0.3) is 0 Å². The van der Waals surface area contributed by atoms with E-state index < -0.39 is 0 Å². The third kappa shape index (κ3) is 3.39. The molecular weight excluding hydrogens is 270 g/mol. The number of nitrogens with one attached hydrogen (secondary N) is 1. The van der Waals surface area contributed by atoms with Crippen molar-refractivity contribution in [3.63, 3.8) is 0 Å². The fraction of sp³-hybridized carbons (Fsp3) is 0.294. The maximum Gasteiger partial charge on any atom is 0.130 e. The van der Waals surface area contributed by atoms with Crippen LogP contribution in [-0.2, 0) is 0 Å². The van der Waals surface area contributed by atoms with Crippen molar-refractivity contribution in [2.45, 2.75) is 19.9 Å². The van der Waals surface area contributed by atoms with Gasteiger partial charge in [0.15, 0.2) is 0 Å². The number of nitrogens with zero attached hydrogens (tertiary/aromatic N) is 1. The van der Waals surface area contributed by atoms with E-state index in [1.165, 1.54) is 18.2 Å². The van der Waals surface area contributed by atoms with Gasteiger partial charge < -0.3 is 10.2 Å². The molecule has 0 saturated carbocycles. The van der Waals surface area contributed by atoms with Crippen LogP contribution in [0.15, 0.2) is 42.5 Å². The van der Waals surface area contributed by atoms with Gasteiger partial charge in [-0.1, -0.05) is 13.0 Å². The van der Waals surface area contributed by atoms with Crippen LogP contribution in [0.3, 0.4) is 0 Å². The maximum atomic E-state index is 14.2. The zero-order valence-electron chi connectivity index (χ0n) is 12.5. The Hall–Kier alpha value is -1.94. The number of anilines is 2. The van der Waals surface area contributed by atoms with Gasteiger partial charge in [0.05, 0.1) is 0 Å². The lowest BCUT2D eigenvalue weighted by atomic mass is 10.0. The molecule has 2 rings (SSSR count). The standard InChI is InChI=1S/C17H20F2N2/c1-4-20-12(2)17-15(19)6-5-7-16(17)21(3)14-10-8-13(18)9-11-14/h5-12,20H,4H2,1-3H3. The fourth-order valence-electron chi connectivity index (χ4n) is 2.46. The lowest BCUT2D eigenvalue weighted by molar-refractivity contribution is 0.541. The Kier molecular flexibility index (Phi) is 4.91. The van der Waals surface area contributed by atoms with E-state index in [-0.39, 0.29) is 17.7 Å². The molecule has 1 N–H and O–H groups in total. The largest absolute Gasteiger partial charge is 0.344 e. The van der Waals surface area contributed by atoms with Crippen molar-refractivity contribution in [1.29, 1.82) is 0 Å². The van der Waals surface area contributed by atoms with Gasteiger partial charge in [-0.3, -0.25) is 0 Å². The Balaban J connectivity index is 2.43. The Morgan fingerprint density at radius 1 is 1.10 bits per heavy atom. The van der Waals surface area contributed by atoms with Crippen LogP contribution in [0.25, 0.3) is 0 Å². The number of benzene rings is 2. The third-order valence-electron chi connectivity index (χ3n) is 3.55. The van der Waals surface area contributed by atoms with Crippen LogP contribution in [0.4, 0.5) is 20.2 Å². The van der Waals surface area contributed by atoms with E-state index in [0.717, 1.165) is 17.9 Å². The number of rotatable bonds is 5. The number of halogens is 2. The molecule has 4 heteroatoms.